The van der Waals surface area contributed by atoms with Crippen LogP contribution in [0.2, 0.25) is 0 Å². The first-order chi connectivity index (χ1) is 19.6. The third kappa shape index (κ3) is 5.89. The van der Waals surface area contributed by atoms with Crippen LogP contribution < -0.4 is 14.8 Å². The van der Waals surface area contributed by atoms with Crippen LogP contribution >= 0.6 is 0 Å². The lowest BCUT2D eigenvalue weighted by molar-refractivity contribution is 0.0945. The molecule has 4 aromatic carbocycles. The number of hydrogen-bond acceptors (Lipinski definition) is 4. The van der Waals surface area contributed by atoms with E-state index in [0.29, 0.717) is 47.1 Å². The van der Waals surface area contributed by atoms with E-state index in [1.807, 2.05) is 48.5 Å². The van der Waals surface area contributed by atoms with Crippen molar-refractivity contribution in [2.45, 2.75) is 12.3 Å². The van der Waals surface area contributed by atoms with Crippen LogP contribution in [0, 0.1) is 5.82 Å². The quantitative estimate of drug-likeness (QED) is 0.218. The Labute approximate surface area is 233 Å². The van der Waals surface area contributed by atoms with Gasteiger partial charge in [0.2, 0.25) is 0 Å². The van der Waals surface area contributed by atoms with Crippen molar-refractivity contribution >= 4 is 5.91 Å². The molecule has 0 atom stereocenters. The maximum atomic E-state index is 13.7. The number of hydrogen-bond donors (Lipinski definition) is 1. The van der Waals surface area contributed by atoms with Gasteiger partial charge in [-0.3, -0.25) is 4.79 Å². The molecule has 0 saturated heterocycles. The van der Waals surface area contributed by atoms with Gasteiger partial charge in [0.05, 0.1) is 25.6 Å². The average molecular weight is 536 g/mol. The fourth-order valence-electron chi connectivity index (χ4n) is 4.78. The summed E-state index contributed by atoms with van der Waals surface area (Å²) in [5, 5.41) is 7.79. The molecule has 202 valence electrons. The van der Waals surface area contributed by atoms with Crippen molar-refractivity contribution in [3.05, 3.63) is 132 Å². The molecule has 0 spiro atoms. The van der Waals surface area contributed by atoms with Crippen molar-refractivity contribution in [2.75, 3.05) is 20.8 Å². The van der Waals surface area contributed by atoms with Gasteiger partial charge in [-0.1, -0.05) is 60.7 Å². The number of ether oxygens (including phenoxy) is 2. The Kier molecular flexibility index (Phi) is 8.21. The topological polar surface area (TPSA) is 65.4 Å². The Balaban J connectivity index is 1.43. The summed E-state index contributed by atoms with van der Waals surface area (Å²) in [6, 6.07) is 33.5. The second kappa shape index (κ2) is 12.3. The van der Waals surface area contributed by atoms with Crippen LogP contribution in [0.15, 0.2) is 109 Å². The van der Waals surface area contributed by atoms with E-state index >= 15 is 0 Å². The number of halogens is 1. The predicted octanol–water partition coefficient (Wildman–Crippen LogP) is 6.65. The van der Waals surface area contributed by atoms with Gasteiger partial charge in [0.25, 0.3) is 5.91 Å². The zero-order valence-electron chi connectivity index (χ0n) is 22.4. The zero-order chi connectivity index (χ0) is 27.9. The van der Waals surface area contributed by atoms with Gasteiger partial charge < -0.3 is 14.8 Å². The van der Waals surface area contributed by atoms with Crippen LogP contribution in [-0.2, 0) is 0 Å². The van der Waals surface area contributed by atoms with Crippen molar-refractivity contribution < 1.29 is 18.7 Å². The number of nitrogens with zero attached hydrogens (tertiary/aromatic N) is 2. The number of nitrogens with one attached hydrogen (secondary N) is 1. The maximum Gasteiger partial charge on any atom is 0.270 e. The summed E-state index contributed by atoms with van der Waals surface area (Å²) in [4.78, 5) is 13.6. The van der Waals surface area contributed by atoms with Gasteiger partial charge in [-0.15, -0.1) is 0 Å². The highest BCUT2D eigenvalue weighted by Crippen LogP contribution is 2.34. The van der Waals surface area contributed by atoms with Crippen LogP contribution in [-0.4, -0.2) is 36.5 Å². The van der Waals surface area contributed by atoms with Gasteiger partial charge in [0.15, 0.2) is 0 Å². The summed E-state index contributed by atoms with van der Waals surface area (Å²) in [5.74, 6) is 0.678. The largest absolute Gasteiger partial charge is 0.497 e. The van der Waals surface area contributed by atoms with Crippen molar-refractivity contribution in [1.29, 1.82) is 0 Å². The second-order valence-corrected chi connectivity index (χ2v) is 9.29. The Morgan fingerprint density at radius 1 is 0.850 bits per heavy atom. The Morgan fingerprint density at radius 2 is 1.50 bits per heavy atom. The lowest BCUT2D eigenvalue weighted by atomic mass is 9.88. The molecule has 0 aliphatic rings. The summed E-state index contributed by atoms with van der Waals surface area (Å²) in [5.41, 5.74) is 4.51. The first-order valence-electron chi connectivity index (χ1n) is 13.0. The fourth-order valence-corrected chi connectivity index (χ4v) is 4.78. The summed E-state index contributed by atoms with van der Waals surface area (Å²) in [7, 11) is 3.15. The summed E-state index contributed by atoms with van der Waals surface area (Å²) >= 11 is 0. The standard InChI is InChI=1S/C33H30FN3O3/c1-39-27-17-18-29(32(21-27)40-2)30-22-31(37(36-30)26-15-13-25(34)14-16-26)33(38)35-20-19-28(23-9-5-3-6-10-23)24-11-7-4-8-12-24/h3-18,21-22,28H,19-20H2,1-2H3,(H,35,38). The third-order valence-corrected chi connectivity index (χ3v) is 6.82. The molecule has 0 bridgehead atoms. The van der Waals surface area contributed by atoms with Crippen molar-refractivity contribution in [3.8, 4) is 28.4 Å². The van der Waals surface area contributed by atoms with E-state index in [4.69, 9.17) is 14.6 Å². The van der Waals surface area contributed by atoms with E-state index in [0.717, 1.165) is 0 Å². The van der Waals surface area contributed by atoms with E-state index in [9.17, 15) is 9.18 Å². The smallest absolute Gasteiger partial charge is 0.270 e. The molecule has 0 radical (unpaired) electrons. The molecule has 1 amide bonds. The molecule has 5 aromatic rings. The Hall–Kier alpha value is -4.91. The van der Waals surface area contributed by atoms with Crippen molar-refractivity contribution in [3.63, 3.8) is 0 Å². The molecular formula is C33H30FN3O3. The molecule has 0 saturated carbocycles. The van der Waals surface area contributed by atoms with E-state index < -0.39 is 0 Å². The van der Waals surface area contributed by atoms with E-state index in [2.05, 4.69) is 29.6 Å². The van der Waals surface area contributed by atoms with Crippen LogP contribution in [0.5, 0.6) is 11.5 Å². The molecule has 40 heavy (non-hydrogen) atoms. The van der Waals surface area contributed by atoms with Crippen LogP contribution in [0.1, 0.15) is 34.0 Å². The predicted molar refractivity (Wildman–Crippen MR) is 154 cm³/mol. The molecule has 6 nitrogen and oxygen atoms in total. The van der Waals surface area contributed by atoms with Gasteiger partial charge in [-0.05, 0) is 60.0 Å². The molecule has 7 heteroatoms. The number of carbonyl (C=O) groups excluding carboxylic acids is 1. The highest BCUT2D eigenvalue weighted by Gasteiger charge is 2.21. The fraction of sp³-hybridized carbons (Fsp3) is 0.152. The lowest BCUT2D eigenvalue weighted by Crippen LogP contribution is -2.28. The maximum absolute atomic E-state index is 13.7. The molecule has 1 heterocycles. The molecule has 0 aliphatic carbocycles. The second-order valence-electron chi connectivity index (χ2n) is 9.29. The van der Waals surface area contributed by atoms with Crippen LogP contribution in [0.25, 0.3) is 16.9 Å². The highest BCUT2D eigenvalue weighted by molar-refractivity contribution is 5.94. The lowest BCUT2D eigenvalue weighted by Gasteiger charge is -2.18. The number of rotatable bonds is 10. The normalized spacial score (nSPS) is 10.9. The van der Waals surface area contributed by atoms with Crippen LogP contribution in [0.3, 0.4) is 0 Å². The molecule has 0 fully saturated rings. The Bertz CT molecular complexity index is 1530. The molecule has 0 unspecified atom stereocenters. The molecule has 1 aromatic heterocycles. The van der Waals surface area contributed by atoms with Crippen molar-refractivity contribution in [2.24, 2.45) is 0 Å². The minimum atomic E-state index is -0.369. The summed E-state index contributed by atoms with van der Waals surface area (Å²) < 4.78 is 26.1. The minimum Gasteiger partial charge on any atom is -0.497 e. The average Bonchev–Trinajstić information content (AvgIpc) is 3.45. The van der Waals surface area contributed by atoms with Crippen LogP contribution in [0.4, 0.5) is 4.39 Å². The molecule has 5 rings (SSSR count). The number of amides is 1. The van der Waals surface area contributed by atoms with E-state index in [-0.39, 0.29) is 17.6 Å². The SMILES string of the molecule is COc1ccc(-c2cc(C(=O)NCCC(c3ccccc3)c3ccccc3)n(-c3ccc(F)cc3)n2)c(OC)c1. The third-order valence-electron chi connectivity index (χ3n) is 6.82. The number of methoxy groups -OCH3 is 2. The number of benzene rings is 4. The monoisotopic (exact) mass is 535 g/mol. The Morgan fingerprint density at radius 3 is 2.10 bits per heavy atom. The van der Waals surface area contributed by atoms with E-state index in [1.165, 1.54) is 27.9 Å². The number of carbonyl (C=O) groups is 1. The van der Waals surface area contributed by atoms with E-state index in [1.54, 1.807) is 38.5 Å². The van der Waals surface area contributed by atoms with Crippen molar-refractivity contribution in [1.82, 2.24) is 15.1 Å². The van der Waals surface area contributed by atoms with Gasteiger partial charge in [-0.25, -0.2) is 9.07 Å². The first-order valence-corrected chi connectivity index (χ1v) is 13.0. The van der Waals surface area contributed by atoms with Gasteiger partial charge in [0.1, 0.15) is 23.0 Å². The minimum absolute atomic E-state index is 0.129. The van der Waals surface area contributed by atoms with Gasteiger partial charge >= 0.3 is 0 Å². The molecule has 1 N–H and O–H groups in total. The highest BCUT2D eigenvalue weighted by atomic mass is 19.1. The van der Waals surface area contributed by atoms with Gasteiger partial charge in [-0.2, -0.15) is 5.10 Å². The molecular weight excluding hydrogens is 505 g/mol. The summed E-state index contributed by atoms with van der Waals surface area (Å²) in [6.45, 7) is 0.447. The molecule has 0 aliphatic heterocycles. The first kappa shape index (κ1) is 26.7. The summed E-state index contributed by atoms with van der Waals surface area (Å²) in [6.07, 6.45) is 0.712. The number of aromatic nitrogens is 2. The van der Waals surface area contributed by atoms with Gasteiger partial charge in [0, 0.05) is 24.1 Å². The zero-order valence-corrected chi connectivity index (χ0v) is 22.4.